The number of piperidine rings is 1. The van der Waals surface area contributed by atoms with Crippen LogP contribution in [0.4, 0.5) is 22.0 Å². The summed E-state index contributed by atoms with van der Waals surface area (Å²) in [5.41, 5.74) is 3.75. The number of anilines is 1. The summed E-state index contributed by atoms with van der Waals surface area (Å²) >= 11 is 0. The maximum Gasteiger partial charge on any atom is 0.410 e. The number of nitrogens with one attached hydrogen (secondary N) is 2. The third-order valence-electron chi connectivity index (χ3n) is 5.79. The van der Waals surface area contributed by atoms with E-state index < -0.39 is 0 Å². The Hall–Kier alpha value is -3.24. The van der Waals surface area contributed by atoms with Crippen LogP contribution in [0, 0.1) is 12.3 Å². The lowest BCUT2D eigenvalue weighted by atomic mass is 10.1. The van der Waals surface area contributed by atoms with Crippen molar-refractivity contribution in [2.75, 3.05) is 45.6 Å². The van der Waals surface area contributed by atoms with Gasteiger partial charge in [0.1, 0.15) is 23.7 Å². The highest BCUT2D eigenvalue weighted by Gasteiger charge is 2.27. The predicted molar refractivity (Wildman–Crippen MR) is 136 cm³/mol. The molecule has 1 aliphatic rings. The van der Waals surface area contributed by atoms with Crippen molar-refractivity contribution in [1.29, 1.82) is 5.41 Å². The Bertz CT molecular complexity index is 1000. The number of aromatic nitrogens is 2. The van der Waals surface area contributed by atoms with Gasteiger partial charge in [-0.05, 0) is 47.0 Å². The standard InChI is InChI=1S/C25H37N7O3/c1-17(2)34-25(33)32-11-8-20(9-12-32)35-24-21(15-26)23(28-16-29-24)30-22-7-6-19(14-18(22)3)27-10-13-31(4)5/h6-7,14-17,20,26-27H,8-13H2,1-5H3,(H,28,29,30)/p+1. The lowest BCUT2D eigenvalue weighted by molar-refractivity contribution is -0.483. The molecular weight excluding hydrogens is 446 g/mol. The minimum atomic E-state index is -0.285. The maximum atomic E-state index is 12.1. The molecule has 1 aromatic carbocycles. The van der Waals surface area contributed by atoms with Crippen LogP contribution in [-0.4, -0.2) is 84.6 Å². The summed E-state index contributed by atoms with van der Waals surface area (Å²) in [5, 5.41) is 13.4. The van der Waals surface area contributed by atoms with Crippen LogP contribution < -0.4 is 15.4 Å². The number of benzene rings is 1. The number of nitrogens with two attached hydrogens (primary N) is 1. The molecular formula is C25H38N7O3+. The average molecular weight is 485 g/mol. The molecule has 0 saturated carbocycles. The Balaban J connectivity index is 1.64. The number of ether oxygens (including phenoxy) is 2. The SMILES string of the molecule is Cc1cc(NCCN(C)C)ccc1[NH2+]c1ncnc(OC2CCN(C(=O)OC(C)C)CC2)c1C=N. The maximum absolute atomic E-state index is 12.1. The minimum absolute atomic E-state index is 0.0891. The number of carbonyl (C=O) groups excluding carboxylic acids is 1. The molecule has 0 unspecified atom stereocenters. The fraction of sp³-hybridized carbons (Fsp3) is 0.520. The van der Waals surface area contributed by atoms with Crippen molar-refractivity contribution in [3.05, 3.63) is 35.7 Å². The minimum Gasteiger partial charge on any atom is -0.474 e. The second-order valence-electron chi connectivity index (χ2n) is 9.30. The third kappa shape index (κ3) is 7.63. The monoisotopic (exact) mass is 484 g/mol. The Morgan fingerprint density at radius 3 is 2.69 bits per heavy atom. The highest BCUT2D eigenvalue weighted by Crippen LogP contribution is 2.24. The van der Waals surface area contributed by atoms with Crippen LogP contribution in [0.5, 0.6) is 5.88 Å². The molecule has 0 radical (unpaired) electrons. The lowest BCUT2D eigenvalue weighted by Gasteiger charge is -2.31. The van der Waals surface area contributed by atoms with E-state index in [0.717, 1.165) is 30.0 Å². The van der Waals surface area contributed by atoms with E-state index in [1.807, 2.05) is 19.2 Å². The second-order valence-corrected chi connectivity index (χ2v) is 9.30. The molecule has 1 aromatic heterocycles. The number of nitrogens with zero attached hydrogens (tertiary/aromatic N) is 4. The van der Waals surface area contributed by atoms with Gasteiger partial charge in [0, 0.05) is 62.6 Å². The van der Waals surface area contributed by atoms with Gasteiger partial charge in [-0.3, -0.25) is 5.32 Å². The van der Waals surface area contributed by atoms with E-state index in [1.54, 1.807) is 4.90 Å². The number of aryl methyl sites for hydroxylation is 1. The summed E-state index contributed by atoms with van der Waals surface area (Å²) in [6.07, 6.45) is 3.55. The zero-order valence-electron chi connectivity index (χ0n) is 21.4. The Labute approximate surface area is 207 Å². The second kappa shape index (κ2) is 12.5. The van der Waals surface area contributed by atoms with Crippen LogP contribution >= 0.6 is 0 Å². The molecule has 0 aliphatic carbocycles. The molecule has 0 spiro atoms. The predicted octanol–water partition coefficient (Wildman–Crippen LogP) is 2.67. The highest BCUT2D eigenvalue weighted by atomic mass is 16.6. The van der Waals surface area contributed by atoms with Gasteiger partial charge in [-0.2, -0.15) is 4.98 Å². The van der Waals surface area contributed by atoms with Gasteiger partial charge in [0.05, 0.1) is 6.10 Å². The molecule has 4 N–H and O–H groups in total. The molecule has 1 fully saturated rings. The molecule has 2 heterocycles. The van der Waals surface area contributed by atoms with Gasteiger partial charge in [-0.25, -0.2) is 9.78 Å². The summed E-state index contributed by atoms with van der Waals surface area (Å²) in [6, 6.07) is 6.22. The summed E-state index contributed by atoms with van der Waals surface area (Å²) in [5.74, 6) is 1.03. The summed E-state index contributed by atoms with van der Waals surface area (Å²) < 4.78 is 11.4. The van der Waals surface area contributed by atoms with E-state index >= 15 is 0 Å². The van der Waals surface area contributed by atoms with Crippen LogP contribution in [-0.2, 0) is 4.74 Å². The first-order chi connectivity index (χ1) is 16.8. The quantitative estimate of drug-likeness (QED) is 0.350. The van der Waals surface area contributed by atoms with E-state index in [2.05, 4.69) is 59.4 Å². The van der Waals surface area contributed by atoms with Gasteiger partial charge in [-0.15, -0.1) is 0 Å². The zero-order valence-corrected chi connectivity index (χ0v) is 21.4. The Morgan fingerprint density at radius 2 is 2.06 bits per heavy atom. The normalized spacial score (nSPS) is 14.3. The molecule has 1 saturated heterocycles. The van der Waals surface area contributed by atoms with Crippen LogP contribution in [0.1, 0.15) is 37.8 Å². The van der Waals surface area contributed by atoms with E-state index in [4.69, 9.17) is 14.9 Å². The molecule has 0 bridgehead atoms. The van der Waals surface area contributed by atoms with Gasteiger partial charge in [0.15, 0.2) is 0 Å². The number of hydrogen-bond donors (Lipinski definition) is 3. The van der Waals surface area contributed by atoms with Crippen molar-refractivity contribution < 1.29 is 19.6 Å². The smallest absolute Gasteiger partial charge is 0.410 e. The number of likely N-dealkylation sites (N-methyl/N-ethyl adjacent to an activating group) is 1. The molecule has 10 heteroatoms. The first-order valence-electron chi connectivity index (χ1n) is 12.1. The number of rotatable bonds is 10. The number of likely N-dealkylation sites (tertiary alicyclic amines) is 1. The van der Waals surface area contributed by atoms with E-state index in [9.17, 15) is 4.79 Å². The number of quaternary nitrogens is 1. The summed E-state index contributed by atoms with van der Waals surface area (Å²) in [7, 11) is 4.11. The largest absolute Gasteiger partial charge is 0.474 e. The molecule has 190 valence electrons. The van der Waals surface area contributed by atoms with Crippen molar-refractivity contribution in [2.45, 2.75) is 45.8 Å². The molecule has 10 nitrogen and oxygen atoms in total. The van der Waals surface area contributed by atoms with Crippen molar-refractivity contribution in [3.8, 4) is 5.88 Å². The van der Waals surface area contributed by atoms with E-state index in [0.29, 0.717) is 43.2 Å². The summed E-state index contributed by atoms with van der Waals surface area (Å²) in [4.78, 5) is 24.7. The van der Waals surface area contributed by atoms with Gasteiger partial charge in [0.25, 0.3) is 0 Å². The van der Waals surface area contributed by atoms with Gasteiger partial charge >= 0.3 is 6.09 Å². The van der Waals surface area contributed by atoms with Crippen molar-refractivity contribution in [1.82, 2.24) is 19.8 Å². The first kappa shape index (κ1) is 26.4. The highest BCUT2D eigenvalue weighted by molar-refractivity contribution is 5.84. The molecule has 35 heavy (non-hydrogen) atoms. The van der Waals surface area contributed by atoms with Gasteiger partial charge in [-0.1, -0.05) is 0 Å². The van der Waals surface area contributed by atoms with E-state index in [1.165, 1.54) is 12.5 Å². The first-order valence-corrected chi connectivity index (χ1v) is 12.1. The zero-order chi connectivity index (χ0) is 25.4. The van der Waals surface area contributed by atoms with Crippen LogP contribution in [0.2, 0.25) is 0 Å². The van der Waals surface area contributed by atoms with Crippen molar-refractivity contribution >= 4 is 29.5 Å². The van der Waals surface area contributed by atoms with E-state index in [-0.39, 0.29) is 18.3 Å². The number of amides is 1. The summed E-state index contributed by atoms with van der Waals surface area (Å²) in [6.45, 7) is 8.70. The molecule has 2 aromatic rings. The average Bonchev–Trinajstić information content (AvgIpc) is 2.81. The van der Waals surface area contributed by atoms with Crippen LogP contribution in [0.15, 0.2) is 24.5 Å². The number of carbonyl (C=O) groups is 1. The molecule has 1 amide bonds. The van der Waals surface area contributed by atoms with Crippen molar-refractivity contribution in [3.63, 3.8) is 0 Å². The third-order valence-corrected chi connectivity index (χ3v) is 5.79. The fourth-order valence-electron chi connectivity index (χ4n) is 3.85. The van der Waals surface area contributed by atoms with Crippen molar-refractivity contribution in [2.24, 2.45) is 0 Å². The van der Waals surface area contributed by atoms with Gasteiger partial charge in [0.2, 0.25) is 11.7 Å². The van der Waals surface area contributed by atoms with Crippen LogP contribution in [0.25, 0.3) is 0 Å². The molecule has 3 rings (SSSR count). The lowest BCUT2D eigenvalue weighted by Crippen LogP contribution is -2.72. The van der Waals surface area contributed by atoms with Gasteiger partial charge < -0.3 is 30.0 Å². The molecule has 1 aliphatic heterocycles. The Kier molecular flexibility index (Phi) is 9.39. The Morgan fingerprint density at radius 1 is 1.31 bits per heavy atom. The molecule has 0 atom stereocenters. The van der Waals surface area contributed by atoms with Crippen LogP contribution in [0.3, 0.4) is 0 Å². The number of hydrogen-bond acceptors (Lipinski definition) is 8. The topological polar surface area (TPSA) is 120 Å². The fourth-order valence-corrected chi connectivity index (χ4v) is 3.85.